The molecule has 3 heteroatoms. The van der Waals surface area contributed by atoms with Gasteiger partial charge in [-0.05, 0) is 31.5 Å². The van der Waals surface area contributed by atoms with Crippen molar-refractivity contribution in [3.8, 4) is 0 Å². The third-order valence-corrected chi connectivity index (χ3v) is 4.54. The summed E-state index contributed by atoms with van der Waals surface area (Å²) < 4.78 is 0. The molecule has 1 atom stereocenters. The first-order valence-corrected chi connectivity index (χ1v) is 7.56. The Morgan fingerprint density at radius 3 is 2.47 bits per heavy atom. The van der Waals surface area contributed by atoms with Crippen LogP contribution in [0.2, 0.25) is 0 Å². The van der Waals surface area contributed by atoms with Gasteiger partial charge in [-0.25, -0.2) is 0 Å². The van der Waals surface area contributed by atoms with E-state index in [0.717, 1.165) is 13.1 Å². The Morgan fingerprint density at radius 1 is 1.16 bits per heavy atom. The number of benzene rings is 1. The summed E-state index contributed by atoms with van der Waals surface area (Å²) in [7, 11) is 0. The summed E-state index contributed by atoms with van der Waals surface area (Å²) in [5, 5.41) is 0. The standard InChI is InChI=1S/C16H22N2S/c1-13-8-9-16(19-13)14(2)18(11-10-17)12-15-6-4-3-5-7-15/h3-9,14H,10-12,17H2,1-2H3. The largest absolute Gasteiger partial charge is 0.329 e. The summed E-state index contributed by atoms with van der Waals surface area (Å²) in [5.74, 6) is 0. The Morgan fingerprint density at radius 2 is 1.89 bits per heavy atom. The molecule has 2 N–H and O–H groups in total. The van der Waals surface area contributed by atoms with Crippen LogP contribution in [0, 0.1) is 6.92 Å². The average Bonchev–Trinajstić information content (AvgIpc) is 2.85. The van der Waals surface area contributed by atoms with Crippen molar-refractivity contribution < 1.29 is 0 Å². The van der Waals surface area contributed by atoms with E-state index in [1.165, 1.54) is 15.3 Å². The van der Waals surface area contributed by atoms with E-state index in [1.807, 2.05) is 11.3 Å². The smallest absolute Gasteiger partial charge is 0.0417 e. The molecule has 102 valence electrons. The summed E-state index contributed by atoms with van der Waals surface area (Å²) in [6, 6.07) is 15.4. The second-order valence-corrected chi connectivity index (χ2v) is 6.19. The van der Waals surface area contributed by atoms with Gasteiger partial charge in [-0.3, -0.25) is 4.90 Å². The SMILES string of the molecule is Cc1ccc(C(C)N(CCN)Cc2ccccc2)s1. The predicted molar refractivity (Wildman–Crippen MR) is 83.4 cm³/mol. The second kappa shape index (κ2) is 6.85. The van der Waals surface area contributed by atoms with Crippen LogP contribution in [0.1, 0.15) is 28.3 Å². The minimum absolute atomic E-state index is 0.419. The molecule has 0 bridgehead atoms. The molecule has 1 heterocycles. The van der Waals surface area contributed by atoms with Crippen molar-refractivity contribution in [2.24, 2.45) is 5.73 Å². The lowest BCUT2D eigenvalue weighted by Gasteiger charge is -2.28. The third kappa shape index (κ3) is 3.90. The zero-order chi connectivity index (χ0) is 13.7. The fourth-order valence-electron chi connectivity index (χ4n) is 2.25. The minimum Gasteiger partial charge on any atom is -0.329 e. The quantitative estimate of drug-likeness (QED) is 0.872. The van der Waals surface area contributed by atoms with Crippen LogP contribution in [0.4, 0.5) is 0 Å². The van der Waals surface area contributed by atoms with E-state index in [-0.39, 0.29) is 0 Å². The lowest BCUT2D eigenvalue weighted by atomic mass is 10.1. The van der Waals surface area contributed by atoms with Gasteiger partial charge < -0.3 is 5.73 Å². The summed E-state index contributed by atoms with van der Waals surface area (Å²) >= 11 is 1.88. The van der Waals surface area contributed by atoms with Crippen molar-refractivity contribution in [2.45, 2.75) is 26.4 Å². The Kier molecular flexibility index (Phi) is 5.14. The lowest BCUT2D eigenvalue weighted by molar-refractivity contribution is 0.210. The third-order valence-electron chi connectivity index (χ3n) is 3.37. The van der Waals surface area contributed by atoms with Crippen molar-refractivity contribution in [1.82, 2.24) is 4.90 Å². The lowest BCUT2D eigenvalue weighted by Crippen LogP contribution is -2.31. The maximum atomic E-state index is 5.77. The Hall–Kier alpha value is -1.16. The highest BCUT2D eigenvalue weighted by Crippen LogP contribution is 2.28. The van der Waals surface area contributed by atoms with E-state index in [2.05, 4.69) is 61.2 Å². The topological polar surface area (TPSA) is 29.3 Å². The van der Waals surface area contributed by atoms with Crippen LogP contribution >= 0.6 is 11.3 Å². The number of aryl methyl sites for hydroxylation is 1. The van der Waals surface area contributed by atoms with Crippen molar-refractivity contribution in [3.63, 3.8) is 0 Å². The van der Waals surface area contributed by atoms with Gasteiger partial charge in [0.1, 0.15) is 0 Å². The van der Waals surface area contributed by atoms with Gasteiger partial charge >= 0.3 is 0 Å². The van der Waals surface area contributed by atoms with E-state index in [1.54, 1.807) is 0 Å². The van der Waals surface area contributed by atoms with Gasteiger partial charge in [0, 0.05) is 35.4 Å². The first kappa shape index (κ1) is 14.3. The van der Waals surface area contributed by atoms with Crippen molar-refractivity contribution in [1.29, 1.82) is 0 Å². The number of rotatable bonds is 6. The van der Waals surface area contributed by atoms with Crippen LogP contribution in [-0.2, 0) is 6.54 Å². The Balaban J connectivity index is 2.11. The van der Waals surface area contributed by atoms with E-state index in [4.69, 9.17) is 5.73 Å². The van der Waals surface area contributed by atoms with Crippen LogP contribution in [0.5, 0.6) is 0 Å². The fraction of sp³-hybridized carbons (Fsp3) is 0.375. The number of thiophene rings is 1. The molecule has 0 aliphatic heterocycles. The number of hydrogen-bond acceptors (Lipinski definition) is 3. The van der Waals surface area contributed by atoms with Crippen molar-refractivity contribution in [3.05, 3.63) is 57.8 Å². The van der Waals surface area contributed by atoms with E-state index in [9.17, 15) is 0 Å². The second-order valence-electron chi connectivity index (χ2n) is 4.87. The van der Waals surface area contributed by atoms with Gasteiger partial charge in [-0.1, -0.05) is 30.3 Å². The zero-order valence-electron chi connectivity index (χ0n) is 11.7. The van der Waals surface area contributed by atoms with Crippen LogP contribution in [-0.4, -0.2) is 18.0 Å². The normalized spacial score (nSPS) is 12.8. The molecule has 1 unspecified atom stereocenters. The molecule has 0 saturated carbocycles. The molecule has 19 heavy (non-hydrogen) atoms. The van der Waals surface area contributed by atoms with Gasteiger partial charge in [0.2, 0.25) is 0 Å². The van der Waals surface area contributed by atoms with E-state index < -0.39 is 0 Å². The molecule has 1 aromatic heterocycles. The maximum absolute atomic E-state index is 5.77. The molecule has 0 saturated heterocycles. The number of nitrogens with two attached hydrogens (primary N) is 1. The minimum atomic E-state index is 0.419. The summed E-state index contributed by atoms with van der Waals surface area (Å²) in [5.41, 5.74) is 7.11. The van der Waals surface area contributed by atoms with Gasteiger partial charge in [0.15, 0.2) is 0 Å². The first-order valence-electron chi connectivity index (χ1n) is 6.75. The first-order chi connectivity index (χ1) is 9.20. The van der Waals surface area contributed by atoms with Crippen LogP contribution < -0.4 is 5.73 Å². The molecule has 0 fully saturated rings. The van der Waals surface area contributed by atoms with E-state index in [0.29, 0.717) is 12.6 Å². The molecule has 0 aliphatic carbocycles. The summed E-state index contributed by atoms with van der Waals surface area (Å²) in [6.07, 6.45) is 0. The van der Waals surface area contributed by atoms with Crippen LogP contribution in [0.25, 0.3) is 0 Å². The highest BCUT2D eigenvalue weighted by atomic mass is 32.1. The van der Waals surface area contributed by atoms with Gasteiger partial charge in [0.05, 0.1) is 0 Å². The average molecular weight is 274 g/mol. The zero-order valence-corrected chi connectivity index (χ0v) is 12.5. The van der Waals surface area contributed by atoms with Crippen LogP contribution in [0.3, 0.4) is 0 Å². The highest BCUT2D eigenvalue weighted by molar-refractivity contribution is 7.12. The van der Waals surface area contributed by atoms with Crippen molar-refractivity contribution >= 4 is 11.3 Å². The molecule has 2 nitrogen and oxygen atoms in total. The molecule has 0 aliphatic rings. The molecule has 1 aromatic carbocycles. The molecular weight excluding hydrogens is 252 g/mol. The Labute approximate surface area is 119 Å². The molecule has 2 aromatic rings. The predicted octanol–water partition coefficient (Wildman–Crippen LogP) is 3.58. The monoisotopic (exact) mass is 274 g/mol. The number of hydrogen-bond donors (Lipinski definition) is 1. The van der Waals surface area contributed by atoms with Gasteiger partial charge in [-0.15, -0.1) is 11.3 Å². The molecule has 0 radical (unpaired) electrons. The molecule has 0 amide bonds. The number of nitrogens with zero attached hydrogens (tertiary/aromatic N) is 1. The van der Waals surface area contributed by atoms with E-state index >= 15 is 0 Å². The molecule has 0 spiro atoms. The van der Waals surface area contributed by atoms with Crippen molar-refractivity contribution in [2.75, 3.05) is 13.1 Å². The van der Waals surface area contributed by atoms with Crippen LogP contribution in [0.15, 0.2) is 42.5 Å². The Bertz CT molecular complexity index is 492. The molecular formula is C16H22N2S. The summed E-state index contributed by atoms with van der Waals surface area (Å²) in [4.78, 5) is 5.23. The molecule has 2 rings (SSSR count). The fourth-order valence-corrected chi connectivity index (χ4v) is 3.21. The maximum Gasteiger partial charge on any atom is 0.0417 e. The summed E-state index contributed by atoms with van der Waals surface area (Å²) in [6.45, 7) is 7.00. The highest BCUT2D eigenvalue weighted by Gasteiger charge is 2.16. The van der Waals surface area contributed by atoms with Gasteiger partial charge in [0.25, 0.3) is 0 Å². The van der Waals surface area contributed by atoms with Gasteiger partial charge in [-0.2, -0.15) is 0 Å².